The molecule has 2 unspecified atom stereocenters. The molecule has 0 fully saturated rings. The van der Waals surface area contributed by atoms with Gasteiger partial charge in [-0.25, -0.2) is 0 Å². The number of aliphatic hydroxyl groups is 2. The summed E-state index contributed by atoms with van der Waals surface area (Å²) in [7, 11) is 0. The van der Waals surface area contributed by atoms with Gasteiger partial charge in [-0.05, 0) is 83.5 Å². The number of carbonyl (C=O) groups excluding carboxylic acids is 2. The third-order valence-corrected chi connectivity index (χ3v) is 14.8. The second-order valence-corrected chi connectivity index (χ2v) is 22.1. The highest BCUT2D eigenvalue weighted by molar-refractivity contribution is 5.76. The number of aliphatic hydroxyl groups excluding tert-OH is 2. The highest BCUT2D eigenvalue weighted by Gasteiger charge is 2.18. The Bertz CT molecular complexity index is 1230. The molecular formula is C67H125NO5. The minimum absolute atomic E-state index is 0.00164. The Labute approximate surface area is 455 Å². The van der Waals surface area contributed by atoms with Crippen LogP contribution >= 0.6 is 0 Å². The first-order valence-electron chi connectivity index (χ1n) is 32.4. The molecule has 0 radical (unpaired) electrons. The van der Waals surface area contributed by atoms with Crippen LogP contribution in [-0.2, 0) is 14.3 Å². The SMILES string of the molecule is CCC/C=C\C/C=C\CCCCCCCC(=O)OCCCCCCCCCCCCCC/C=C\CCCCCCCCCCCCCCCCCC(=O)NC(CO)C(O)/C=C/CCCCCCCCCCCC. The summed E-state index contributed by atoms with van der Waals surface area (Å²) in [5.41, 5.74) is 0. The molecule has 0 saturated heterocycles. The van der Waals surface area contributed by atoms with Crippen molar-refractivity contribution in [2.75, 3.05) is 13.2 Å². The van der Waals surface area contributed by atoms with Gasteiger partial charge in [0.25, 0.3) is 0 Å². The number of amides is 1. The molecule has 6 heteroatoms. The molecular weight excluding hydrogens is 899 g/mol. The summed E-state index contributed by atoms with van der Waals surface area (Å²) in [5, 5.41) is 23.1. The lowest BCUT2D eigenvalue weighted by molar-refractivity contribution is -0.143. The highest BCUT2D eigenvalue weighted by atomic mass is 16.5. The van der Waals surface area contributed by atoms with Gasteiger partial charge in [-0.15, -0.1) is 0 Å². The monoisotopic (exact) mass is 1020 g/mol. The van der Waals surface area contributed by atoms with Gasteiger partial charge >= 0.3 is 5.97 Å². The fourth-order valence-electron chi connectivity index (χ4n) is 9.84. The Balaban J connectivity index is 3.37. The number of ether oxygens (including phenoxy) is 1. The van der Waals surface area contributed by atoms with Gasteiger partial charge in [0.05, 0.1) is 25.4 Å². The summed E-state index contributed by atoms with van der Waals surface area (Å²) in [6.07, 6.45) is 80.3. The summed E-state index contributed by atoms with van der Waals surface area (Å²) in [6, 6.07) is -0.625. The Morgan fingerprint density at radius 2 is 0.712 bits per heavy atom. The van der Waals surface area contributed by atoms with E-state index in [2.05, 4.69) is 55.6 Å². The van der Waals surface area contributed by atoms with Crippen LogP contribution in [-0.4, -0.2) is 47.4 Å². The zero-order valence-corrected chi connectivity index (χ0v) is 48.9. The topological polar surface area (TPSA) is 95.9 Å². The molecule has 1 amide bonds. The van der Waals surface area contributed by atoms with E-state index in [1.807, 2.05) is 6.08 Å². The summed E-state index contributed by atoms with van der Waals surface area (Å²) in [5.74, 6) is -0.0645. The Morgan fingerprint density at radius 1 is 0.384 bits per heavy atom. The van der Waals surface area contributed by atoms with Crippen molar-refractivity contribution >= 4 is 11.9 Å². The molecule has 0 heterocycles. The zero-order valence-electron chi connectivity index (χ0n) is 48.9. The van der Waals surface area contributed by atoms with E-state index >= 15 is 0 Å². The van der Waals surface area contributed by atoms with Crippen LogP contribution in [0.5, 0.6) is 0 Å². The standard InChI is InChI=1S/C67H125NO5/c1-3-5-7-9-11-13-15-36-41-45-49-53-57-61-67(72)73-62-58-54-50-46-42-38-35-33-31-29-27-25-23-21-19-17-18-20-22-24-26-28-30-32-34-37-40-44-48-52-56-60-66(71)68-64(63-69)65(70)59-55-51-47-43-39-16-14-12-10-8-6-4-2/h7,9,13,15,19,21,55,59,64-65,69-70H,3-6,8,10-12,14,16-18,20,22-54,56-58,60-63H2,1-2H3,(H,68,71)/b9-7-,15-13-,21-19-,59-55+. The van der Waals surface area contributed by atoms with E-state index in [-0.39, 0.29) is 18.5 Å². The first-order valence-corrected chi connectivity index (χ1v) is 32.4. The van der Waals surface area contributed by atoms with E-state index in [4.69, 9.17) is 4.74 Å². The van der Waals surface area contributed by atoms with Gasteiger partial charge in [-0.2, -0.15) is 0 Å². The quantitative estimate of drug-likeness (QED) is 0.0320. The lowest BCUT2D eigenvalue weighted by Crippen LogP contribution is -2.45. The van der Waals surface area contributed by atoms with E-state index in [1.54, 1.807) is 6.08 Å². The van der Waals surface area contributed by atoms with Crippen LogP contribution < -0.4 is 5.32 Å². The van der Waals surface area contributed by atoms with Gasteiger partial charge in [0, 0.05) is 12.8 Å². The van der Waals surface area contributed by atoms with Crippen LogP contribution in [0.2, 0.25) is 0 Å². The molecule has 0 rings (SSSR count). The molecule has 2 atom stereocenters. The second-order valence-electron chi connectivity index (χ2n) is 22.1. The van der Waals surface area contributed by atoms with Gasteiger partial charge in [0.15, 0.2) is 0 Å². The average molecular weight is 1020 g/mol. The molecule has 0 aliphatic carbocycles. The minimum Gasteiger partial charge on any atom is -0.466 e. The number of carbonyl (C=O) groups is 2. The van der Waals surface area contributed by atoms with Crippen molar-refractivity contribution in [3.05, 3.63) is 48.6 Å². The molecule has 73 heavy (non-hydrogen) atoms. The Kier molecular flexibility index (Phi) is 60.5. The number of nitrogens with one attached hydrogen (secondary N) is 1. The maximum Gasteiger partial charge on any atom is 0.305 e. The first kappa shape index (κ1) is 70.8. The molecule has 0 aliphatic heterocycles. The average Bonchev–Trinajstić information content (AvgIpc) is 3.39. The molecule has 0 aromatic heterocycles. The van der Waals surface area contributed by atoms with Crippen molar-refractivity contribution < 1.29 is 24.5 Å². The molecule has 0 aliphatic rings. The zero-order chi connectivity index (χ0) is 52.9. The van der Waals surface area contributed by atoms with Gasteiger partial charge in [-0.3, -0.25) is 9.59 Å². The molecule has 6 nitrogen and oxygen atoms in total. The summed E-state index contributed by atoms with van der Waals surface area (Å²) < 4.78 is 5.47. The summed E-state index contributed by atoms with van der Waals surface area (Å²) in [6.45, 7) is 4.84. The molecule has 0 aromatic carbocycles. The summed E-state index contributed by atoms with van der Waals surface area (Å²) in [4.78, 5) is 24.5. The lowest BCUT2D eigenvalue weighted by Gasteiger charge is -2.20. The number of hydrogen-bond donors (Lipinski definition) is 3. The van der Waals surface area contributed by atoms with Crippen LogP contribution in [0, 0.1) is 0 Å². The number of esters is 1. The predicted octanol–water partition coefficient (Wildman–Crippen LogP) is 20.5. The van der Waals surface area contributed by atoms with Crippen molar-refractivity contribution in [1.29, 1.82) is 0 Å². The van der Waals surface area contributed by atoms with Crippen molar-refractivity contribution in [3.8, 4) is 0 Å². The highest BCUT2D eigenvalue weighted by Crippen LogP contribution is 2.17. The molecule has 0 aromatic rings. The maximum atomic E-state index is 12.4. The number of hydrogen-bond acceptors (Lipinski definition) is 5. The van der Waals surface area contributed by atoms with Gasteiger partial charge < -0.3 is 20.3 Å². The molecule has 0 bridgehead atoms. The van der Waals surface area contributed by atoms with Crippen LogP contribution in [0.15, 0.2) is 48.6 Å². The fourth-order valence-corrected chi connectivity index (χ4v) is 9.84. The van der Waals surface area contributed by atoms with E-state index in [9.17, 15) is 19.8 Å². The van der Waals surface area contributed by atoms with E-state index in [0.29, 0.717) is 19.4 Å². The molecule has 428 valence electrons. The van der Waals surface area contributed by atoms with Crippen molar-refractivity contribution in [2.24, 2.45) is 0 Å². The van der Waals surface area contributed by atoms with E-state index in [0.717, 1.165) is 51.4 Å². The van der Waals surface area contributed by atoms with Crippen molar-refractivity contribution in [3.63, 3.8) is 0 Å². The fraction of sp³-hybridized carbons (Fsp3) is 0.851. The van der Waals surface area contributed by atoms with Crippen LogP contribution in [0.4, 0.5) is 0 Å². The number of allylic oxidation sites excluding steroid dienone is 7. The van der Waals surface area contributed by atoms with Crippen LogP contribution in [0.3, 0.4) is 0 Å². The normalized spacial score (nSPS) is 12.9. The second kappa shape index (κ2) is 62.4. The summed E-state index contributed by atoms with van der Waals surface area (Å²) >= 11 is 0. The number of rotatable bonds is 60. The molecule has 0 saturated carbocycles. The van der Waals surface area contributed by atoms with Gasteiger partial charge in [0.2, 0.25) is 5.91 Å². The van der Waals surface area contributed by atoms with Crippen LogP contribution in [0.1, 0.15) is 341 Å². The predicted molar refractivity (Wildman–Crippen MR) is 319 cm³/mol. The Morgan fingerprint density at radius 3 is 1.11 bits per heavy atom. The molecule has 0 spiro atoms. The van der Waals surface area contributed by atoms with Gasteiger partial charge in [0.1, 0.15) is 0 Å². The molecule has 3 N–H and O–H groups in total. The third-order valence-electron chi connectivity index (χ3n) is 14.8. The largest absolute Gasteiger partial charge is 0.466 e. The Hall–Kier alpha value is -2.18. The minimum atomic E-state index is -0.842. The van der Waals surface area contributed by atoms with Crippen molar-refractivity contribution in [2.45, 2.75) is 353 Å². The van der Waals surface area contributed by atoms with Crippen molar-refractivity contribution in [1.82, 2.24) is 5.32 Å². The lowest BCUT2D eigenvalue weighted by atomic mass is 10.0. The first-order chi connectivity index (χ1) is 36.0. The van der Waals surface area contributed by atoms with Gasteiger partial charge in [-0.1, -0.05) is 294 Å². The van der Waals surface area contributed by atoms with E-state index in [1.165, 1.54) is 263 Å². The smallest absolute Gasteiger partial charge is 0.305 e. The van der Waals surface area contributed by atoms with E-state index < -0.39 is 12.1 Å². The van der Waals surface area contributed by atoms with Crippen LogP contribution in [0.25, 0.3) is 0 Å². The number of unbranched alkanes of at least 4 members (excludes halogenated alkanes) is 43. The third kappa shape index (κ3) is 58.9. The maximum absolute atomic E-state index is 12.4.